The standard InChI is InChI=1S/C12H20F3N3S/c1-11(2,3)18-10(5-7-12(13,14)15)16-9(17-18)6-8-19-4/h5-8H2,1-4H3. The molecule has 0 aliphatic rings. The summed E-state index contributed by atoms with van der Waals surface area (Å²) in [7, 11) is 0. The first-order chi connectivity index (χ1) is 8.63. The van der Waals surface area contributed by atoms with Gasteiger partial charge in [-0.2, -0.15) is 30.0 Å². The van der Waals surface area contributed by atoms with Crippen molar-refractivity contribution in [2.45, 2.75) is 51.7 Å². The summed E-state index contributed by atoms with van der Waals surface area (Å²) in [6.45, 7) is 5.74. The minimum absolute atomic E-state index is 0.118. The molecule has 3 nitrogen and oxygen atoms in total. The first-order valence-electron chi connectivity index (χ1n) is 6.14. The highest BCUT2D eigenvalue weighted by atomic mass is 32.2. The van der Waals surface area contributed by atoms with Gasteiger partial charge in [0, 0.05) is 18.6 Å². The number of nitrogens with zero attached hydrogens (tertiary/aromatic N) is 3. The Morgan fingerprint density at radius 3 is 2.26 bits per heavy atom. The van der Waals surface area contributed by atoms with Crippen LogP contribution in [-0.4, -0.2) is 32.9 Å². The zero-order valence-electron chi connectivity index (χ0n) is 11.7. The van der Waals surface area contributed by atoms with Gasteiger partial charge in [-0.05, 0) is 27.0 Å². The fourth-order valence-electron chi connectivity index (χ4n) is 1.64. The van der Waals surface area contributed by atoms with Crippen LogP contribution in [-0.2, 0) is 18.4 Å². The topological polar surface area (TPSA) is 30.7 Å². The first kappa shape index (κ1) is 16.3. The number of thioether (sulfide) groups is 1. The smallest absolute Gasteiger partial charge is 0.245 e. The number of hydrogen-bond acceptors (Lipinski definition) is 3. The second-order valence-corrected chi connectivity index (χ2v) is 6.37. The van der Waals surface area contributed by atoms with Crippen LogP contribution in [0, 0.1) is 0 Å². The summed E-state index contributed by atoms with van der Waals surface area (Å²) in [5, 5.41) is 4.34. The third kappa shape index (κ3) is 5.42. The van der Waals surface area contributed by atoms with Gasteiger partial charge in [-0.3, -0.25) is 0 Å². The van der Waals surface area contributed by atoms with Crippen molar-refractivity contribution in [2.75, 3.05) is 12.0 Å². The number of hydrogen-bond donors (Lipinski definition) is 0. The highest BCUT2D eigenvalue weighted by molar-refractivity contribution is 7.98. The number of rotatable bonds is 5. The maximum Gasteiger partial charge on any atom is 0.389 e. The Labute approximate surface area is 116 Å². The molecule has 19 heavy (non-hydrogen) atoms. The number of alkyl halides is 3. The van der Waals surface area contributed by atoms with E-state index >= 15 is 0 Å². The van der Waals surface area contributed by atoms with E-state index in [4.69, 9.17) is 0 Å². The van der Waals surface area contributed by atoms with E-state index in [0.717, 1.165) is 5.75 Å². The highest BCUT2D eigenvalue weighted by Crippen LogP contribution is 2.23. The van der Waals surface area contributed by atoms with Crippen LogP contribution in [0.2, 0.25) is 0 Å². The molecule has 1 heterocycles. The van der Waals surface area contributed by atoms with E-state index in [0.29, 0.717) is 18.1 Å². The van der Waals surface area contributed by atoms with Gasteiger partial charge in [0.25, 0.3) is 0 Å². The Hall–Kier alpha value is -0.720. The Bertz CT molecular complexity index is 407. The maximum absolute atomic E-state index is 12.3. The van der Waals surface area contributed by atoms with E-state index in [2.05, 4.69) is 10.1 Å². The monoisotopic (exact) mass is 295 g/mol. The van der Waals surface area contributed by atoms with Crippen LogP contribution in [0.25, 0.3) is 0 Å². The van der Waals surface area contributed by atoms with Gasteiger partial charge in [-0.25, -0.2) is 9.67 Å². The summed E-state index contributed by atoms with van der Waals surface area (Å²) in [5.74, 6) is 1.91. The van der Waals surface area contributed by atoms with Gasteiger partial charge >= 0.3 is 6.18 Å². The van der Waals surface area contributed by atoms with E-state index in [1.54, 1.807) is 16.4 Å². The van der Waals surface area contributed by atoms with Crippen LogP contribution >= 0.6 is 11.8 Å². The zero-order chi connectivity index (χ0) is 14.7. The van der Waals surface area contributed by atoms with Crippen LogP contribution in [0.15, 0.2) is 0 Å². The van der Waals surface area contributed by atoms with E-state index < -0.39 is 12.6 Å². The summed E-state index contributed by atoms with van der Waals surface area (Å²) in [4.78, 5) is 4.26. The lowest BCUT2D eigenvalue weighted by Gasteiger charge is -2.21. The van der Waals surface area contributed by atoms with Gasteiger partial charge in [-0.15, -0.1) is 0 Å². The van der Waals surface area contributed by atoms with Gasteiger partial charge < -0.3 is 0 Å². The zero-order valence-corrected chi connectivity index (χ0v) is 12.5. The quantitative estimate of drug-likeness (QED) is 0.834. The van der Waals surface area contributed by atoms with Crippen molar-refractivity contribution < 1.29 is 13.2 Å². The van der Waals surface area contributed by atoms with Gasteiger partial charge in [0.15, 0.2) is 5.82 Å². The van der Waals surface area contributed by atoms with E-state index in [9.17, 15) is 13.2 Å². The maximum atomic E-state index is 12.3. The lowest BCUT2D eigenvalue weighted by molar-refractivity contribution is -0.134. The minimum atomic E-state index is -4.16. The van der Waals surface area contributed by atoms with Crippen molar-refractivity contribution in [3.8, 4) is 0 Å². The SMILES string of the molecule is CSCCc1nc(CCC(F)(F)F)n(C(C)(C)C)n1. The molecule has 0 spiro atoms. The predicted molar refractivity (Wildman–Crippen MR) is 71.5 cm³/mol. The Morgan fingerprint density at radius 2 is 1.79 bits per heavy atom. The molecule has 0 unspecified atom stereocenters. The van der Waals surface area contributed by atoms with Crippen molar-refractivity contribution >= 4 is 11.8 Å². The van der Waals surface area contributed by atoms with Crippen molar-refractivity contribution in [1.29, 1.82) is 0 Å². The van der Waals surface area contributed by atoms with Crippen molar-refractivity contribution in [1.82, 2.24) is 14.8 Å². The molecule has 7 heteroatoms. The number of halogens is 3. The second kappa shape index (κ2) is 6.15. The molecule has 0 aromatic carbocycles. The molecule has 1 rings (SSSR count). The molecule has 0 atom stereocenters. The molecule has 0 N–H and O–H groups in total. The lowest BCUT2D eigenvalue weighted by Crippen LogP contribution is -2.26. The Morgan fingerprint density at radius 1 is 1.16 bits per heavy atom. The molecule has 0 fully saturated rings. The molecule has 0 saturated heterocycles. The van der Waals surface area contributed by atoms with Crippen LogP contribution < -0.4 is 0 Å². The molecular formula is C12H20F3N3S. The normalized spacial score (nSPS) is 13.0. The molecule has 0 aliphatic heterocycles. The molecule has 1 aromatic heterocycles. The average Bonchev–Trinajstić information content (AvgIpc) is 2.65. The van der Waals surface area contributed by atoms with Crippen LogP contribution in [0.5, 0.6) is 0 Å². The Balaban J connectivity index is 2.90. The fraction of sp³-hybridized carbons (Fsp3) is 0.833. The molecule has 0 saturated carbocycles. The molecule has 0 amide bonds. The van der Waals surface area contributed by atoms with E-state index in [-0.39, 0.29) is 12.0 Å². The first-order valence-corrected chi connectivity index (χ1v) is 7.54. The van der Waals surface area contributed by atoms with Gasteiger partial charge in [0.1, 0.15) is 5.82 Å². The van der Waals surface area contributed by atoms with E-state index in [1.807, 2.05) is 27.0 Å². The van der Waals surface area contributed by atoms with Crippen molar-refractivity contribution in [3.63, 3.8) is 0 Å². The van der Waals surface area contributed by atoms with Crippen molar-refractivity contribution in [3.05, 3.63) is 11.6 Å². The van der Waals surface area contributed by atoms with Gasteiger partial charge in [0.2, 0.25) is 0 Å². The number of aromatic nitrogens is 3. The molecular weight excluding hydrogens is 275 g/mol. The molecule has 0 bridgehead atoms. The van der Waals surface area contributed by atoms with Crippen molar-refractivity contribution in [2.24, 2.45) is 0 Å². The van der Waals surface area contributed by atoms with Crippen LogP contribution in [0.1, 0.15) is 38.8 Å². The minimum Gasteiger partial charge on any atom is -0.245 e. The fourth-order valence-corrected chi connectivity index (χ4v) is 2.03. The molecule has 0 aliphatic carbocycles. The predicted octanol–water partition coefficient (Wildman–Crippen LogP) is 3.43. The summed E-state index contributed by atoms with van der Waals surface area (Å²) in [6.07, 6.45) is -2.47. The molecule has 110 valence electrons. The summed E-state index contributed by atoms with van der Waals surface area (Å²) in [6, 6.07) is 0. The van der Waals surface area contributed by atoms with Crippen LogP contribution in [0.3, 0.4) is 0 Å². The summed E-state index contributed by atoms with van der Waals surface area (Å²) in [5.41, 5.74) is -0.356. The van der Waals surface area contributed by atoms with Gasteiger partial charge in [-0.1, -0.05) is 0 Å². The summed E-state index contributed by atoms with van der Waals surface area (Å²) >= 11 is 1.67. The third-order valence-electron chi connectivity index (χ3n) is 2.52. The van der Waals surface area contributed by atoms with Gasteiger partial charge in [0.05, 0.1) is 12.0 Å². The second-order valence-electron chi connectivity index (χ2n) is 5.38. The third-order valence-corrected chi connectivity index (χ3v) is 3.13. The average molecular weight is 295 g/mol. The highest BCUT2D eigenvalue weighted by Gasteiger charge is 2.29. The molecule has 1 aromatic rings. The summed E-state index contributed by atoms with van der Waals surface area (Å²) < 4.78 is 38.6. The Kier molecular flexibility index (Phi) is 5.29. The lowest BCUT2D eigenvalue weighted by atomic mass is 10.1. The molecule has 0 radical (unpaired) electrons. The van der Waals surface area contributed by atoms with E-state index in [1.165, 1.54) is 0 Å². The largest absolute Gasteiger partial charge is 0.389 e. The van der Waals surface area contributed by atoms with Crippen LogP contribution in [0.4, 0.5) is 13.2 Å². The number of aryl methyl sites for hydroxylation is 2.